The molecule has 140 valence electrons. The molecule has 1 aromatic carbocycles. The van der Waals surface area contributed by atoms with Crippen molar-refractivity contribution < 1.29 is 14.3 Å². The first-order chi connectivity index (χ1) is 12.6. The Bertz CT molecular complexity index is 775. The van der Waals surface area contributed by atoms with Crippen molar-refractivity contribution in [2.75, 3.05) is 32.6 Å². The third kappa shape index (κ3) is 4.66. The van der Waals surface area contributed by atoms with Crippen molar-refractivity contribution in [1.82, 2.24) is 9.88 Å². The van der Waals surface area contributed by atoms with Crippen LogP contribution in [0, 0.1) is 3.57 Å². The minimum Gasteiger partial charge on any atom is -0.493 e. The second kappa shape index (κ2) is 9.01. The highest BCUT2D eigenvalue weighted by Gasteiger charge is 2.17. The summed E-state index contributed by atoms with van der Waals surface area (Å²) in [6, 6.07) is 3.48. The molecule has 8 heteroatoms. The number of piperidine rings is 1. The van der Waals surface area contributed by atoms with Gasteiger partial charge in [0, 0.05) is 15.5 Å². The number of carbonyl (C=O) groups excluding carboxylic acids is 1. The maximum absolute atomic E-state index is 12.6. The molecule has 1 N–H and O–H groups in total. The van der Waals surface area contributed by atoms with Gasteiger partial charge in [0.2, 0.25) is 0 Å². The van der Waals surface area contributed by atoms with Gasteiger partial charge in [-0.2, -0.15) is 0 Å². The van der Waals surface area contributed by atoms with Crippen LogP contribution in [0.15, 0.2) is 17.5 Å². The van der Waals surface area contributed by atoms with Crippen LogP contribution in [0.3, 0.4) is 0 Å². The summed E-state index contributed by atoms with van der Waals surface area (Å²) in [6.07, 6.45) is 3.83. The van der Waals surface area contributed by atoms with Crippen LogP contribution in [0.2, 0.25) is 0 Å². The highest BCUT2D eigenvalue weighted by Crippen LogP contribution is 2.32. The first kappa shape index (κ1) is 19.4. The number of nitrogens with zero attached hydrogens (tertiary/aromatic N) is 2. The number of likely N-dealkylation sites (tertiary alicyclic amines) is 1. The van der Waals surface area contributed by atoms with Crippen LogP contribution in [-0.4, -0.2) is 43.1 Å². The average Bonchev–Trinajstić information content (AvgIpc) is 3.08. The monoisotopic (exact) mass is 487 g/mol. The van der Waals surface area contributed by atoms with E-state index < -0.39 is 0 Å². The Kier molecular flexibility index (Phi) is 6.71. The van der Waals surface area contributed by atoms with Gasteiger partial charge in [0.25, 0.3) is 5.91 Å². The van der Waals surface area contributed by atoms with Gasteiger partial charge in [-0.1, -0.05) is 6.42 Å². The second-order valence-electron chi connectivity index (χ2n) is 6.12. The fourth-order valence-corrected chi connectivity index (χ4v) is 4.36. The van der Waals surface area contributed by atoms with Gasteiger partial charge in [-0.3, -0.25) is 15.0 Å². The first-order valence-corrected chi connectivity index (χ1v) is 10.5. The number of amides is 1. The third-order valence-corrected chi connectivity index (χ3v) is 6.02. The molecule has 0 spiro atoms. The summed E-state index contributed by atoms with van der Waals surface area (Å²) in [6.45, 7) is 3.10. The number of rotatable bonds is 6. The standard InChI is InChI=1S/C18H22IN3O3S/c1-24-15-8-13(14(19)9-16(15)25-2)17(23)21-18-20-12(11-26-18)10-22-6-4-3-5-7-22/h8-9,11H,3-7,10H2,1-2H3,(H,20,21,23). The smallest absolute Gasteiger partial charge is 0.258 e. The van der Waals surface area contributed by atoms with E-state index in [4.69, 9.17) is 9.47 Å². The lowest BCUT2D eigenvalue weighted by Gasteiger charge is -2.25. The molecule has 0 aliphatic carbocycles. The zero-order valence-corrected chi connectivity index (χ0v) is 17.9. The van der Waals surface area contributed by atoms with Gasteiger partial charge in [-0.15, -0.1) is 11.3 Å². The van der Waals surface area contributed by atoms with Gasteiger partial charge in [-0.05, 0) is 60.7 Å². The van der Waals surface area contributed by atoms with Crippen molar-refractivity contribution in [3.8, 4) is 11.5 Å². The number of hydrogen-bond donors (Lipinski definition) is 1. The predicted molar refractivity (Wildman–Crippen MR) is 111 cm³/mol. The molecule has 1 saturated heterocycles. The van der Waals surface area contributed by atoms with Crippen molar-refractivity contribution in [3.63, 3.8) is 0 Å². The van der Waals surface area contributed by atoms with Gasteiger partial charge >= 0.3 is 0 Å². The van der Waals surface area contributed by atoms with Crippen LogP contribution < -0.4 is 14.8 Å². The Morgan fingerprint density at radius 2 is 1.92 bits per heavy atom. The maximum Gasteiger partial charge on any atom is 0.258 e. The highest BCUT2D eigenvalue weighted by molar-refractivity contribution is 14.1. The van der Waals surface area contributed by atoms with Gasteiger partial charge < -0.3 is 9.47 Å². The van der Waals surface area contributed by atoms with E-state index in [0.717, 1.165) is 28.9 Å². The Hall–Kier alpha value is -1.39. The molecule has 6 nitrogen and oxygen atoms in total. The SMILES string of the molecule is COc1cc(I)c(C(=O)Nc2nc(CN3CCCCC3)cs2)cc1OC. The van der Waals surface area contributed by atoms with E-state index >= 15 is 0 Å². The summed E-state index contributed by atoms with van der Waals surface area (Å²) in [5.41, 5.74) is 1.55. The predicted octanol–water partition coefficient (Wildman–Crippen LogP) is 4.00. The van der Waals surface area contributed by atoms with Crippen molar-refractivity contribution in [3.05, 3.63) is 32.3 Å². The van der Waals surface area contributed by atoms with E-state index in [9.17, 15) is 4.79 Å². The summed E-state index contributed by atoms with van der Waals surface area (Å²) < 4.78 is 11.4. The van der Waals surface area contributed by atoms with E-state index in [1.807, 2.05) is 5.38 Å². The maximum atomic E-state index is 12.6. The number of halogens is 1. The van der Waals surface area contributed by atoms with Crippen molar-refractivity contribution in [1.29, 1.82) is 0 Å². The number of methoxy groups -OCH3 is 2. The Labute approximate surface area is 171 Å². The van der Waals surface area contributed by atoms with Gasteiger partial charge in [0.05, 0.1) is 25.5 Å². The van der Waals surface area contributed by atoms with E-state index in [1.165, 1.54) is 30.6 Å². The largest absolute Gasteiger partial charge is 0.493 e. The topological polar surface area (TPSA) is 63.7 Å². The van der Waals surface area contributed by atoms with Crippen molar-refractivity contribution in [2.24, 2.45) is 0 Å². The van der Waals surface area contributed by atoms with Crippen molar-refractivity contribution >= 4 is 45.0 Å². The number of anilines is 1. The number of thiazole rings is 1. The van der Waals surface area contributed by atoms with E-state index in [-0.39, 0.29) is 5.91 Å². The molecular weight excluding hydrogens is 465 g/mol. The van der Waals surface area contributed by atoms with Gasteiger partial charge in [-0.25, -0.2) is 4.98 Å². The average molecular weight is 487 g/mol. The van der Waals surface area contributed by atoms with E-state index in [1.54, 1.807) is 26.4 Å². The molecule has 1 fully saturated rings. The summed E-state index contributed by atoms with van der Waals surface area (Å²) in [5, 5.41) is 5.53. The molecule has 1 aromatic heterocycles. The molecule has 26 heavy (non-hydrogen) atoms. The van der Waals surface area contributed by atoms with Crippen molar-refractivity contribution in [2.45, 2.75) is 25.8 Å². The molecule has 0 unspecified atom stereocenters. The molecule has 0 atom stereocenters. The molecule has 0 bridgehead atoms. The number of hydrogen-bond acceptors (Lipinski definition) is 6. The molecular formula is C18H22IN3O3S. The zero-order valence-electron chi connectivity index (χ0n) is 14.9. The Balaban J connectivity index is 1.68. The normalized spacial score (nSPS) is 14.9. The molecule has 0 saturated carbocycles. The number of carbonyl (C=O) groups is 1. The third-order valence-electron chi connectivity index (χ3n) is 4.32. The van der Waals surface area contributed by atoms with Gasteiger partial charge in [0.15, 0.2) is 16.6 Å². The number of aromatic nitrogens is 1. The number of nitrogens with one attached hydrogen (secondary N) is 1. The van der Waals surface area contributed by atoms with E-state index in [0.29, 0.717) is 22.2 Å². The summed E-state index contributed by atoms with van der Waals surface area (Å²) in [7, 11) is 3.13. The summed E-state index contributed by atoms with van der Waals surface area (Å²) in [5.74, 6) is 0.934. The molecule has 2 heterocycles. The summed E-state index contributed by atoms with van der Waals surface area (Å²) >= 11 is 3.58. The molecule has 0 radical (unpaired) electrons. The second-order valence-corrected chi connectivity index (χ2v) is 8.14. The molecule has 3 rings (SSSR count). The summed E-state index contributed by atoms with van der Waals surface area (Å²) in [4.78, 5) is 19.6. The lowest BCUT2D eigenvalue weighted by molar-refractivity contribution is 0.102. The van der Waals surface area contributed by atoms with Crippen LogP contribution in [0.25, 0.3) is 0 Å². The number of benzene rings is 1. The van der Waals surface area contributed by atoms with Crippen LogP contribution in [-0.2, 0) is 6.54 Å². The fraction of sp³-hybridized carbons (Fsp3) is 0.444. The van der Waals surface area contributed by atoms with Crippen LogP contribution in [0.1, 0.15) is 35.3 Å². The molecule has 1 amide bonds. The van der Waals surface area contributed by atoms with Crippen LogP contribution in [0.4, 0.5) is 5.13 Å². The van der Waals surface area contributed by atoms with Crippen LogP contribution >= 0.6 is 33.9 Å². The fourth-order valence-electron chi connectivity index (χ4n) is 2.98. The Morgan fingerprint density at radius 1 is 1.23 bits per heavy atom. The Morgan fingerprint density at radius 3 is 2.62 bits per heavy atom. The van der Waals surface area contributed by atoms with E-state index in [2.05, 4.69) is 37.8 Å². The molecule has 2 aromatic rings. The minimum atomic E-state index is -0.200. The van der Waals surface area contributed by atoms with Gasteiger partial charge in [0.1, 0.15) is 0 Å². The highest BCUT2D eigenvalue weighted by atomic mass is 127. The number of ether oxygens (including phenoxy) is 2. The quantitative estimate of drug-likeness (QED) is 0.625. The molecule has 1 aliphatic rings. The minimum absolute atomic E-state index is 0.200. The zero-order chi connectivity index (χ0) is 18.5. The van der Waals surface area contributed by atoms with Crippen LogP contribution in [0.5, 0.6) is 11.5 Å². The first-order valence-electron chi connectivity index (χ1n) is 8.50. The lowest BCUT2D eigenvalue weighted by atomic mass is 10.1. The lowest BCUT2D eigenvalue weighted by Crippen LogP contribution is -2.29. The molecule has 1 aliphatic heterocycles.